The maximum absolute atomic E-state index is 12.2. The number of amides is 1. The first-order chi connectivity index (χ1) is 11.0. The predicted octanol–water partition coefficient (Wildman–Crippen LogP) is 2.16. The Kier molecular flexibility index (Phi) is 5.51. The molecule has 0 aliphatic heterocycles. The van der Waals surface area contributed by atoms with Gasteiger partial charge >= 0.3 is 5.97 Å². The number of aliphatic carboxylic acids is 1. The van der Waals surface area contributed by atoms with Gasteiger partial charge in [0.2, 0.25) is 0 Å². The number of nitrogens with one attached hydrogen (secondary N) is 1. The Bertz CT molecular complexity index is 650. The minimum Gasteiger partial charge on any atom is -0.480 e. The van der Waals surface area contributed by atoms with Crippen molar-refractivity contribution >= 4 is 11.9 Å². The highest BCUT2D eigenvalue weighted by molar-refractivity contribution is 5.96. The van der Waals surface area contributed by atoms with Gasteiger partial charge in [-0.15, -0.1) is 0 Å². The SMILES string of the molecule is CC[C@H](C)[C@H](NC(=O)c1ccc(Cn2cccn2)cc1)C(=O)O. The van der Waals surface area contributed by atoms with Crippen LogP contribution in [0.15, 0.2) is 42.7 Å². The fourth-order valence-corrected chi connectivity index (χ4v) is 2.25. The molecule has 0 aliphatic rings. The van der Waals surface area contributed by atoms with E-state index < -0.39 is 12.0 Å². The van der Waals surface area contributed by atoms with Crippen LogP contribution >= 0.6 is 0 Å². The molecule has 2 N–H and O–H groups in total. The molecule has 0 spiro atoms. The van der Waals surface area contributed by atoms with Gasteiger partial charge in [0.1, 0.15) is 6.04 Å². The molecule has 23 heavy (non-hydrogen) atoms. The summed E-state index contributed by atoms with van der Waals surface area (Å²) >= 11 is 0. The van der Waals surface area contributed by atoms with E-state index in [1.807, 2.05) is 38.2 Å². The lowest BCUT2D eigenvalue weighted by Crippen LogP contribution is -2.45. The van der Waals surface area contributed by atoms with E-state index in [0.29, 0.717) is 18.5 Å². The van der Waals surface area contributed by atoms with Gasteiger partial charge in [-0.1, -0.05) is 32.4 Å². The number of aromatic nitrogens is 2. The van der Waals surface area contributed by atoms with Crippen LogP contribution in [-0.2, 0) is 11.3 Å². The third-order valence-electron chi connectivity index (χ3n) is 3.89. The van der Waals surface area contributed by atoms with E-state index in [9.17, 15) is 14.7 Å². The van der Waals surface area contributed by atoms with Crippen molar-refractivity contribution in [3.63, 3.8) is 0 Å². The standard InChI is InChI=1S/C17H21N3O3/c1-3-12(2)15(17(22)23)19-16(21)14-7-5-13(6-8-14)11-20-10-4-9-18-20/h4-10,12,15H,3,11H2,1-2H3,(H,19,21)(H,22,23)/t12-,15-/m0/s1. The molecule has 0 fully saturated rings. The molecule has 1 heterocycles. The molecule has 2 aromatic rings. The van der Waals surface area contributed by atoms with Crippen LogP contribution in [0.4, 0.5) is 0 Å². The molecule has 0 saturated carbocycles. The lowest BCUT2D eigenvalue weighted by atomic mass is 9.99. The molecule has 6 heteroatoms. The molecule has 2 atom stereocenters. The van der Waals surface area contributed by atoms with Gasteiger partial charge in [0, 0.05) is 18.0 Å². The predicted molar refractivity (Wildman–Crippen MR) is 86.1 cm³/mol. The fraction of sp³-hybridized carbons (Fsp3) is 0.353. The highest BCUT2D eigenvalue weighted by Gasteiger charge is 2.25. The molecule has 1 amide bonds. The van der Waals surface area contributed by atoms with Crippen LogP contribution in [0, 0.1) is 5.92 Å². The molecule has 0 unspecified atom stereocenters. The number of carbonyl (C=O) groups is 2. The molecule has 1 aromatic heterocycles. The number of carbonyl (C=O) groups excluding carboxylic acids is 1. The van der Waals surface area contributed by atoms with E-state index in [4.69, 9.17) is 0 Å². The van der Waals surface area contributed by atoms with Gasteiger partial charge in [-0.3, -0.25) is 9.48 Å². The number of rotatable bonds is 7. The molecule has 6 nitrogen and oxygen atoms in total. The Morgan fingerprint density at radius 1 is 1.30 bits per heavy atom. The Hall–Kier alpha value is -2.63. The first-order valence-electron chi connectivity index (χ1n) is 7.61. The zero-order valence-corrected chi connectivity index (χ0v) is 13.3. The Morgan fingerprint density at radius 2 is 2.00 bits per heavy atom. The van der Waals surface area contributed by atoms with Gasteiger partial charge in [-0.25, -0.2) is 4.79 Å². The van der Waals surface area contributed by atoms with Crippen molar-refractivity contribution in [2.75, 3.05) is 0 Å². The average molecular weight is 315 g/mol. The van der Waals surface area contributed by atoms with Gasteiger partial charge in [0.15, 0.2) is 0 Å². The minimum absolute atomic E-state index is 0.129. The van der Waals surface area contributed by atoms with Crippen molar-refractivity contribution in [1.82, 2.24) is 15.1 Å². The summed E-state index contributed by atoms with van der Waals surface area (Å²) in [6.45, 7) is 4.34. The second-order valence-electron chi connectivity index (χ2n) is 5.58. The Morgan fingerprint density at radius 3 is 2.52 bits per heavy atom. The van der Waals surface area contributed by atoms with Crippen LogP contribution < -0.4 is 5.32 Å². The van der Waals surface area contributed by atoms with Crippen LogP contribution in [-0.4, -0.2) is 32.8 Å². The van der Waals surface area contributed by atoms with Crippen LogP contribution in [0.1, 0.15) is 36.2 Å². The summed E-state index contributed by atoms with van der Waals surface area (Å²) in [6.07, 6.45) is 4.26. The Labute approximate surface area is 135 Å². The van der Waals surface area contributed by atoms with E-state index in [0.717, 1.165) is 5.56 Å². The molecule has 0 saturated heterocycles. The minimum atomic E-state index is -1.01. The summed E-state index contributed by atoms with van der Waals surface area (Å²) in [5.74, 6) is -1.51. The second-order valence-corrected chi connectivity index (χ2v) is 5.58. The number of carboxylic acid groups (broad SMARTS) is 1. The van der Waals surface area contributed by atoms with Crippen molar-refractivity contribution in [2.45, 2.75) is 32.9 Å². The molecule has 0 radical (unpaired) electrons. The van der Waals surface area contributed by atoms with Crippen molar-refractivity contribution < 1.29 is 14.7 Å². The third kappa shape index (κ3) is 4.42. The van der Waals surface area contributed by atoms with Crippen LogP contribution in [0.25, 0.3) is 0 Å². The number of hydrogen-bond donors (Lipinski definition) is 2. The monoisotopic (exact) mass is 315 g/mol. The van der Waals surface area contributed by atoms with Gasteiger partial charge in [0.05, 0.1) is 6.54 Å². The van der Waals surface area contributed by atoms with Gasteiger partial charge in [-0.05, 0) is 29.7 Å². The quantitative estimate of drug-likeness (QED) is 0.820. The van der Waals surface area contributed by atoms with Gasteiger partial charge in [0.25, 0.3) is 5.91 Å². The summed E-state index contributed by atoms with van der Waals surface area (Å²) in [5, 5.41) is 16.0. The smallest absolute Gasteiger partial charge is 0.326 e. The van der Waals surface area contributed by atoms with E-state index >= 15 is 0 Å². The lowest BCUT2D eigenvalue weighted by Gasteiger charge is -2.20. The summed E-state index contributed by atoms with van der Waals surface area (Å²) < 4.78 is 1.79. The number of nitrogens with zero attached hydrogens (tertiary/aromatic N) is 2. The summed E-state index contributed by atoms with van der Waals surface area (Å²) in [6, 6.07) is 8.05. The zero-order chi connectivity index (χ0) is 16.8. The van der Waals surface area contributed by atoms with Gasteiger partial charge in [-0.2, -0.15) is 5.10 Å². The molecule has 122 valence electrons. The summed E-state index contributed by atoms with van der Waals surface area (Å²) in [4.78, 5) is 23.5. The van der Waals surface area contributed by atoms with Crippen LogP contribution in [0.3, 0.4) is 0 Å². The first kappa shape index (κ1) is 16.7. The zero-order valence-electron chi connectivity index (χ0n) is 13.3. The average Bonchev–Trinajstić information content (AvgIpc) is 3.05. The topological polar surface area (TPSA) is 84.2 Å². The molecule has 2 rings (SSSR count). The van der Waals surface area contributed by atoms with E-state index in [1.54, 1.807) is 23.0 Å². The molecule has 1 aromatic carbocycles. The number of hydrogen-bond acceptors (Lipinski definition) is 3. The number of benzene rings is 1. The van der Waals surface area contributed by atoms with E-state index in [-0.39, 0.29) is 11.8 Å². The number of carboxylic acids is 1. The fourth-order valence-electron chi connectivity index (χ4n) is 2.25. The van der Waals surface area contributed by atoms with Crippen LogP contribution in [0.2, 0.25) is 0 Å². The maximum Gasteiger partial charge on any atom is 0.326 e. The highest BCUT2D eigenvalue weighted by Crippen LogP contribution is 2.11. The summed E-state index contributed by atoms with van der Waals surface area (Å²) in [5.41, 5.74) is 1.46. The van der Waals surface area contributed by atoms with E-state index in [1.165, 1.54) is 0 Å². The van der Waals surface area contributed by atoms with Crippen molar-refractivity contribution in [1.29, 1.82) is 0 Å². The molecule has 0 aliphatic carbocycles. The maximum atomic E-state index is 12.2. The molecule has 0 bridgehead atoms. The van der Waals surface area contributed by atoms with Gasteiger partial charge < -0.3 is 10.4 Å². The first-order valence-corrected chi connectivity index (χ1v) is 7.61. The molecular weight excluding hydrogens is 294 g/mol. The van der Waals surface area contributed by atoms with Crippen molar-refractivity contribution in [3.8, 4) is 0 Å². The summed E-state index contributed by atoms with van der Waals surface area (Å²) in [7, 11) is 0. The van der Waals surface area contributed by atoms with Crippen molar-refractivity contribution in [3.05, 3.63) is 53.9 Å². The highest BCUT2D eigenvalue weighted by atomic mass is 16.4. The van der Waals surface area contributed by atoms with Crippen LogP contribution in [0.5, 0.6) is 0 Å². The van der Waals surface area contributed by atoms with E-state index in [2.05, 4.69) is 10.4 Å². The lowest BCUT2D eigenvalue weighted by molar-refractivity contribution is -0.140. The normalized spacial score (nSPS) is 13.3. The Balaban J connectivity index is 2.03. The largest absolute Gasteiger partial charge is 0.480 e. The molecular formula is C17H21N3O3. The third-order valence-corrected chi connectivity index (χ3v) is 3.89. The second kappa shape index (κ2) is 7.58. The van der Waals surface area contributed by atoms with Crippen molar-refractivity contribution in [2.24, 2.45) is 5.92 Å².